The minimum absolute atomic E-state index is 0.0614. The Kier molecular flexibility index (Phi) is 5.85. The van der Waals surface area contributed by atoms with Crippen molar-refractivity contribution in [3.05, 3.63) is 23.9 Å². The number of ether oxygens (including phenoxy) is 1. The second kappa shape index (κ2) is 7.66. The van der Waals surface area contributed by atoms with Gasteiger partial charge in [-0.05, 0) is 58.1 Å². The fraction of sp³-hybridized carbons (Fsp3) is 0.667. The first-order valence-corrected chi connectivity index (χ1v) is 8.60. The zero-order valence-electron chi connectivity index (χ0n) is 14.8. The van der Waals surface area contributed by atoms with Crippen LogP contribution in [0.4, 0.5) is 10.6 Å². The lowest BCUT2D eigenvalue weighted by atomic mass is 9.97. The molecule has 128 valence electrons. The summed E-state index contributed by atoms with van der Waals surface area (Å²) >= 11 is 0. The monoisotopic (exact) mass is 319 g/mol. The van der Waals surface area contributed by atoms with E-state index in [1.165, 1.54) is 0 Å². The smallest absolute Gasteiger partial charge is 0.410 e. The van der Waals surface area contributed by atoms with Gasteiger partial charge in [-0.15, -0.1) is 0 Å². The van der Waals surface area contributed by atoms with Gasteiger partial charge < -0.3 is 15.0 Å². The zero-order chi connectivity index (χ0) is 16.9. The van der Waals surface area contributed by atoms with Gasteiger partial charge in [-0.25, -0.2) is 9.78 Å². The van der Waals surface area contributed by atoms with Gasteiger partial charge in [-0.2, -0.15) is 0 Å². The van der Waals surface area contributed by atoms with E-state index in [1.54, 1.807) is 0 Å². The molecule has 2 rings (SSSR count). The molecular weight excluding hydrogens is 290 g/mol. The standard InChI is InChI=1S/C18H29N3O2/c1-5-11-19-16-10-9-14(13-20-16)15-8-6-7-12-21(15)17(22)23-18(2,3)4/h9-10,13,15H,5-8,11-12H2,1-4H3,(H,19,20)/t15-/m0/s1. The third-order valence-corrected chi connectivity index (χ3v) is 3.86. The second-order valence-corrected chi connectivity index (χ2v) is 7.09. The molecule has 5 heteroatoms. The summed E-state index contributed by atoms with van der Waals surface area (Å²) in [4.78, 5) is 18.8. The first-order chi connectivity index (χ1) is 10.9. The first kappa shape index (κ1) is 17.6. The van der Waals surface area contributed by atoms with Crippen LogP contribution >= 0.6 is 0 Å². The number of piperidine rings is 1. The number of likely N-dealkylation sites (tertiary alicyclic amines) is 1. The number of carbonyl (C=O) groups is 1. The lowest BCUT2D eigenvalue weighted by Gasteiger charge is -2.36. The number of hydrogen-bond acceptors (Lipinski definition) is 4. The maximum atomic E-state index is 12.5. The van der Waals surface area contributed by atoms with Gasteiger partial charge in [0.1, 0.15) is 11.4 Å². The molecule has 5 nitrogen and oxygen atoms in total. The van der Waals surface area contributed by atoms with E-state index in [1.807, 2.05) is 37.9 Å². The third kappa shape index (κ3) is 5.12. The molecular formula is C18H29N3O2. The summed E-state index contributed by atoms with van der Waals surface area (Å²) in [5.41, 5.74) is 0.614. The molecule has 0 aliphatic carbocycles. The summed E-state index contributed by atoms with van der Waals surface area (Å²) in [7, 11) is 0. The molecule has 0 unspecified atom stereocenters. The van der Waals surface area contributed by atoms with Gasteiger partial charge >= 0.3 is 6.09 Å². The summed E-state index contributed by atoms with van der Waals surface area (Å²) < 4.78 is 5.56. The highest BCUT2D eigenvalue weighted by Crippen LogP contribution is 2.32. The first-order valence-electron chi connectivity index (χ1n) is 8.60. The van der Waals surface area contributed by atoms with Crippen molar-refractivity contribution in [1.82, 2.24) is 9.88 Å². The van der Waals surface area contributed by atoms with E-state index in [2.05, 4.69) is 23.3 Å². The zero-order valence-corrected chi connectivity index (χ0v) is 14.8. The van der Waals surface area contributed by atoms with Gasteiger partial charge in [0, 0.05) is 19.3 Å². The van der Waals surface area contributed by atoms with Crippen molar-refractivity contribution in [2.45, 2.75) is 65.0 Å². The number of amides is 1. The summed E-state index contributed by atoms with van der Waals surface area (Å²) in [6.45, 7) is 9.50. The number of hydrogen-bond donors (Lipinski definition) is 1. The predicted octanol–water partition coefficient (Wildman–Crippen LogP) is 4.37. The highest BCUT2D eigenvalue weighted by molar-refractivity contribution is 5.69. The van der Waals surface area contributed by atoms with E-state index < -0.39 is 5.60 Å². The fourth-order valence-electron chi connectivity index (χ4n) is 2.78. The van der Waals surface area contributed by atoms with Crippen molar-refractivity contribution in [3.8, 4) is 0 Å². The molecule has 0 aromatic carbocycles. The Labute approximate surface area is 139 Å². The van der Waals surface area contributed by atoms with Crippen LogP contribution in [0.1, 0.15) is 65.0 Å². The van der Waals surface area contributed by atoms with Crippen LogP contribution < -0.4 is 5.32 Å². The molecule has 1 aromatic rings. The Morgan fingerprint density at radius 1 is 1.39 bits per heavy atom. The Morgan fingerprint density at radius 3 is 2.78 bits per heavy atom. The van der Waals surface area contributed by atoms with E-state index >= 15 is 0 Å². The van der Waals surface area contributed by atoms with E-state index in [0.29, 0.717) is 0 Å². The normalized spacial score (nSPS) is 18.6. The molecule has 2 heterocycles. The van der Waals surface area contributed by atoms with Crippen LogP contribution in [-0.4, -0.2) is 34.7 Å². The molecule has 23 heavy (non-hydrogen) atoms. The third-order valence-electron chi connectivity index (χ3n) is 3.86. The molecule has 1 amide bonds. The second-order valence-electron chi connectivity index (χ2n) is 7.09. The van der Waals surface area contributed by atoms with Crippen LogP contribution in [0.2, 0.25) is 0 Å². The van der Waals surface area contributed by atoms with Gasteiger partial charge in [0.25, 0.3) is 0 Å². The molecule has 1 atom stereocenters. The number of carbonyl (C=O) groups excluding carboxylic acids is 1. The number of anilines is 1. The van der Waals surface area contributed by atoms with Crippen molar-refractivity contribution in [2.75, 3.05) is 18.4 Å². The average Bonchev–Trinajstić information content (AvgIpc) is 2.52. The number of rotatable bonds is 4. The van der Waals surface area contributed by atoms with Crippen molar-refractivity contribution in [3.63, 3.8) is 0 Å². The number of pyridine rings is 1. The Bertz CT molecular complexity index is 508. The highest BCUT2D eigenvalue weighted by Gasteiger charge is 2.31. The van der Waals surface area contributed by atoms with Gasteiger partial charge in [0.05, 0.1) is 6.04 Å². The van der Waals surface area contributed by atoms with Crippen molar-refractivity contribution in [2.24, 2.45) is 0 Å². The van der Waals surface area contributed by atoms with Crippen molar-refractivity contribution in [1.29, 1.82) is 0 Å². The minimum atomic E-state index is -0.467. The maximum Gasteiger partial charge on any atom is 0.410 e. The van der Waals surface area contributed by atoms with Crippen LogP contribution in [0.5, 0.6) is 0 Å². The largest absolute Gasteiger partial charge is 0.444 e. The molecule has 0 bridgehead atoms. The Balaban J connectivity index is 2.09. The van der Waals surface area contributed by atoms with Crippen molar-refractivity contribution < 1.29 is 9.53 Å². The summed E-state index contributed by atoms with van der Waals surface area (Å²) in [5.74, 6) is 0.884. The quantitative estimate of drug-likeness (QED) is 0.895. The van der Waals surface area contributed by atoms with Crippen LogP contribution in [-0.2, 0) is 4.74 Å². The number of nitrogens with zero attached hydrogens (tertiary/aromatic N) is 2. The summed E-state index contributed by atoms with van der Waals surface area (Å²) in [5, 5.41) is 3.27. The van der Waals surface area contributed by atoms with E-state index in [0.717, 1.165) is 50.2 Å². The molecule has 0 spiro atoms. The average molecular weight is 319 g/mol. The molecule has 1 N–H and O–H groups in total. The molecule has 1 fully saturated rings. The molecule has 1 aliphatic rings. The van der Waals surface area contributed by atoms with Crippen molar-refractivity contribution >= 4 is 11.9 Å². The van der Waals surface area contributed by atoms with Crippen LogP contribution in [0, 0.1) is 0 Å². The fourth-order valence-corrected chi connectivity index (χ4v) is 2.78. The van der Waals surface area contributed by atoms with Crippen LogP contribution in [0.3, 0.4) is 0 Å². The molecule has 1 saturated heterocycles. The highest BCUT2D eigenvalue weighted by atomic mass is 16.6. The minimum Gasteiger partial charge on any atom is -0.444 e. The van der Waals surface area contributed by atoms with Gasteiger partial charge in [0.15, 0.2) is 0 Å². The van der Waals surface area contributed by atoms with Gasteiger partial charge in [0.2, 0.25) is 0 Å². The molecule has 0 saturated carbocycles. The van der Waals surface area contributed by atoms with E-state index in [9.17, 15) is 4.79 Å². The van der Waals surface area contributed by atoms with Crippen LogP contribution in [0.15, 0.2) is 18.3 Å². The lowest BCUT2D eigenvalue weighted by molar-refractivity contribution is 0.00948. The number of nitrogens with one attached hydrogen (secondary N) is 1. The predicted molar refractivity (Wildman–Crippen MR) is 92.5 cm³/mol. The SMILES string of the molecule is CCCNc1ccc([C@@H]2CCCCN2C(=O)OC(C)(C)C)cn1. The van der Waals surface area contributed by atoms with Gasteiger partial charge in [-0.3, -0.25) is 0 Å². The molecule has 1 aliphatic heterocycles. The Morgan fingerprint density at radius 2 is 2.17 bits per heavy atom. The Hall–Kier alpha value is -1.78. The molecule has 1 aromatic heterocycles. The maximum absolute atomic E-state index is 12.5. The van der Waals surface area contributed by atoms with Gasteiger partial charge in [-0.1, -0.05) is 13.0 Å². The van der Waals surface area contributed by atoms with Crippen LogP contribution in [0.25, 0.3) is 0 Å². The number of aromatic nitrogens is 1. The molecule has 0 radical (unpaired) electrons. The summed E-state index contributed by atoms with van der Waals surface area (Å²) in [6, 6.07) is 4.12. The van der Waals surface area contributed by atoms with E-state index in [4.69, 9.17) is 4.74 Å². The topological polar surface area (TPSA) is 54.5 Å². The lowest BCUT2D eigenvalue weighted by Crippen LogP contribution is -2.41. The summed E-state index contributed by atoms with van der Waals surface area (Å²) in [6.07, 6.45) is 5.83. The van der Waals surface area contributed by atoms with E-state index in [-0.39, 0.29) is 12.1 Å².